The maximum Gasteiger partial charge on any atom is 0.225 e. The number of anilines is 1. The largest absolute Gasteiger partial charge is 0.493 e. The minimum Gasteiger partial charge on any atom is -0.493 e. The molecule has 0 aromatic heterocycles. The van der Waals surface area contributed by atoms with Crippen LogP contribution in [0.1, 0.15) is 36.8 Å². The number of guanidine groups is 1. The summed E-state index contributed by atoms with van der Waals surface area (Å²) in [6.07, 6.45) is 1.32. The van der Waals surface area contributed by atoms with Crippen LogP contribution in [-0.2, 0) is 16.1 Å². The topological polar surface area (TPSA) is 84.0 Å². The van der Waals surface area contributed by atoms with Gasteiger partial charge in [-0.1, -0.05) is 30.3 Å². The number of amides is 1. The van der Waals surface area contributed by atoms with E-state index in [1.54, 1.807) is 7.11 Å². The minimum absolute atomic E-state index is 0.0507. The number of nitrogens with zero attached hydrogens (tertiary/aromatic N) is 1. The van der Waals surface area contributed by atoms with Gasteiger partial charge in [-0.3, -0.25) is 4.79 Å². The van der Waals surface area contributed by atoms with E-state index in [4.69, 9.17) is 14.5 Å². The summed E-state index contributed by atoms with van der Waals surface area (Å²) < 4.78 is 10.8. The average molecular weight is 425 g/mol. The van der Waals surface area contributed by atoms with E-state index in [1.165, 1.54) is 0 Å². The molecule has 1 heterocycles. The third-order valence-corrected chi connectivity index (χ3v) is 5.05. The van der Waals surface area contributed by atoms with Crippen LogP contribution in [0, 0.1) is 0 Å². The lowest BCUT2D eigenvalue weighted by Crippen LogP contribution is -2.40. The molecule has 166 valence electrons. The van der Waals surface area contributed by atoms with Gasteiger partial charge in [0.05, 0.1) is 13.2 Å². The lowest BCUT2D eigenvalue weighted by molar-refractivity contribution is -0.116. The molecule has 0 saturated carbocycles. The monoisotopic (exact) mass is 424 g/mol. The lowest BCUT2D eigenvalue weighted by atomic mass is 9.90. The number of benzene rings is 2. The van der Waals surface area contributed by atoms with Crippen molar-refractivity contribution in [3.8, 4) is 5.75 Å². The molecule has 1 unspecified atom stereocenters. The number of ether oxygens (including phenoxy) is 2. The van der Waals surface area contributed by atoms with Crippen molar-refractivity contribution in [2.75, 3.05) is 38.7 Å². The van der Waals surface area contributed by atoms with Crippen molar-refractivity contribution in [1.82, 2.24) is 10.6 Å². The third kappa shape index (κ3) is 7.00. The highest BCUT2D eigenvalue weighted by Gasteiger charge is 2.24. The number of nitrogens with one attached hydrogen (secondary N) is 3. The summed E-state index contributed by atoms with van der Waals surface area (Å²) in [7, 11) is 1.69. The molecule has 1 amide bonds. The van der Waals surface area contributed by atoms with Gasteiger partial charge in [0.2, 0.25) is 5.91 Å². The molecule has 0 spiro atoms. The molecule has 3 rings (SSSR count). The zero-order valence-corrected chi connectivity index (χ0v) is 18.3. The van der Waals surface area contributed by atoms with E-state index >= 15 is 0 Å². The molecule has 0 fully saturated rings. The molecular formula is C24H32N4O3. The van der Waals surface area contributed by atoms with Crippen molar-refractivity contribution in [3.05, 3.63) is 59.7 Å². The summed E-state index contributed by atoms with van der Waals surface area (Å²) in [5, 5.41) is 9.63. The summed E-state index contributed by atoms with van der Waals surface area (Å²) in [5.41, 5.74) is 3.13. The molecule has 1 aliphatic rings. The number of carbonyl (C=O) groups excluding carboxylic acids is 1. The maximum absolute atomic E-state index is 12.1. The Bertz CT molecular complexity index is 885. The molecule has 7 nitrogen and oxygen atoms in total. The van der Waals surface area contributed by atoms with Gasteiger partial charge < -0.3 is 25.4 Å². The molecule has 31 heavy (non-hydrogen) atoms. The number of rotatable bonds is 10. The van der Waals surface area contributed by atoms with Crippen LogP contribution in [0.5, 0.6) is 5.75 Å². The predicted octanol–water partition coefficient (Wildman–Crippen LogP) is 3.28. The Morgan fingerprint density at radius 2 is 2.03 bits per heavy atom. The molecule has 2 aromatic carbocycles. The van der Waals surface area contributed by atoms with Crippen LogP contribution in [-0.4, -0.2) is 45.3 Å². The maximum atomic E-state index is 12.1. The van der Waals surface area contributed by atoms with Crippen molar-refractivity contribution in [1.29, 1.82) is 0 Å². The zero-order chi connectivity index (χ0) is 21.9. The van der Waals surface area contributed by atoms with Gasteiger partial charge in [-0.05, 0) is 36.2 Å². The Morgan fingerprint density at radius 1 is 1.16 bits per heavy atom. The first kappa shape index (κ1) is 22.6. The number of methoxy groups -OCH3 is 1. The Labute approximate surface area is 184 Å². The number of hydrogen-bond acceptors (Lipinski definition) is 4. The Balaban J connectivity index is 1.59. The summed E-state index contributed by atoms with van der Waals surface area (Å²) in [5.74, 6) is 1.73. The first-order valence-corrected chi connectivity index (χ1v) is 10.8. The normalized spacial score (nSPS) is 15.7. The third-order valence-electron chi connectivity index (χ3n) is 5.05. The number of aliphatic imine (C=N–C) groups is 1. The predicted molar refractivity (Wildman–Crippen MR) is 124 cm³/mol. The standard InChI is InChI=1S/C24H32N4O3/c1-3-25-24(26-16-18-8-6-9-20(14-18)31-13-7-12-30-2)27-17-19-15-23(29)28-22-11-5-4-10-21(19)22/h4-6,8-11,14,19H,3,7,12-13,15-17H2,1-2H3,(H,28,29)(H2,25,26,27). The van der Waals surface area contributed by atoms with Crippen molar-refractivity contribution in [3.63, 3.8) is 0 Å². The van der Waals surface area contributed by atoms with E-state index < -0.39 is 0 Å². The van der Waals surface area contributed by atoms with Crippen molar-refractivity contribution < 1.29 is 14.3 Å². The molecule has 0 radical (unpaired) electrons. The van der Waals surface area contributed by atoms with Crippen LogP contribution in [0.3, 0.4) is 0 Å². The van der Waals surface area contributed by atoms with Crippen LogP contribution in [0.25, 0.3) is 0 Å². The van der Waals surface area contributed by atoms with Crippen LogP contribution in [0.15, 0.2) is 53.5 Å². The SMILES string of the molecule is CCNC(=NCc1cccc(OCCCOC)c1)NCC1CC(=O)Nc2ccccc21. The lowest BCUT2D eigenvalue weighted by Gasteiger charge is -2.26. The summed E-state index contributed by atoms with van der Waals surface area (Å²) in [6, 6.07) is 16.0. The van der Waals surface area contributed by atoms with Gasteiger partial charge >= 0.3 is 0 Å². The second-order valence-electron chi connectivity index (χ2n) is 7.45. The van der Waals surface area contributed by atoms with Crippen molar-refractivity contribution in [2.24, 2.45) is 4.99 Å². The molecule has 2 aromatic rings. The highest BCUT2D eigenvalue weighted by Crippen LogP contribution is 2.31. The number of para-hydroxylation sites is 1. The fourth-order valence-corrected chi connectivity index (χ4v) is 3.54. The number of fused-ring (bicyclic) bond motifs is 1. The Hall–Kier alpha value is -3.06. The summed E-state index contributed by atoms with van der Waals surface area (Å²) in [6.45, 7) is 5.28. The average Bonchev–Trinajstić information content (AvgIpc) is 2.78. The zero-order valence-electron chi connectivity index (χ0n) is 18.3. The fourth-order valence-electron chi connectivity index (χ4n) is 3.54. The van der Waals surface area contributed by atoms with Crippen LogP contribution < -0.4 is 20.7 Å². The minimum atomic E-state index is 0.0507. The van der Waals surface area contributed by atoms with Crippen molar-refractivity contribution in [2.45, 2.75) is 32.2 Å². The molecule has 3 N–H and O–H groups in total. The van der Waals surface area contributed by atoms with Gasteiger partial charge in [-0.25, -0.2) is 4.99 Å². The molecular weight excluding hydrogens is 392 g/mol. The van der Waals surface area contributed by atoms with Gasteiger partial charge in [0.1, 0.15) is 5.75 Å². The van der Waals surface area contributed by atoms with E-state index in [-0.39, 0.29) is 11.8 Å². The highest BCUT2D eigenvalue weighted by atomic mass is 16.5. The first-order valence-electron chi connectivity index (χ1n) is 10.8. The summed E-state index contributed by atoms with van der Waals surface area (Å²) >= 11 is 0. The van der Waals surface area contributed by atoms with E-state index in [0.717, 1.165) is 41.5 Å². The first-order chi connectivity index (χ1) is 15.2. The van der Waals surface area contributed by atoms with Gasteiger partial charge in [-0.2, -0.15) is 0 Å². The molecule has 7 heteroatoms. The second-order valence-corrected chi connectivity index (χ2v) is 7.45. The number of carbonyl (C=O) groups is 1. The quantitative estimate of drug-likeness (QED) is 0.310. The van der Waals surface area contributed by atoms with Gasteiger partial charge in [0, 0.05) is 51.3 Å². The summed E-state index contributed by atoms with van der Waals surface area (Å²) in [4.78, 5) is 16.8. The van der Waals surface area contributed by atoms with Gasteiger partial charge in [-0.15, -0.1) is 0 Å². The van der Waals surface area contributed by atoms with Crippen LogP contribution in [0.2, 0.25) is 0 Å². The second kappa shape index (κ2) is 12.0. The molecule has 0 saturated heterocycles. The van der Waals surface area contributed by atoms with Crippen molar-refractivity contribution >= 4 is 17.6 Å². The Kier molecular flexibility index (Phi) is 8.72. The Morgan fingerprint density at radius 3 is 2.87 bits per heavy atom. The fraction of sp³-hybridized carbons (Fsp3) is 0.417. The highest BCUT2D eigenvalue weighted by molar-refractivity contribution is 5.94. The molecule has 0 aliphatic carbocycles. The number of hydrogen-bond donors (Lipinski definition) is 3. The van der Waals surface area contributed by atoms with Gasteiger partial charge in [0.15, 0.2) is 5.96 Å². The van der Waals surface area contributed by atoms with E-state index in [2.05, 4.69) is 22.0 Å². The van der Waals surface area contributed by atoms with Crippen LogP contribution >= 0.6 is 0 Å². The van der Waals surface area contributed by atoms with E-state index in [1.807, 2.05) is 49.4 Å². The molecule has 0 bridgehead atoms. The van der Waals surface area contributed by atoms with E-state index in [9.17, 15) is 4.79 Å². The van der Waals surface area contributed by atoms with Crippen LogP contribution in [0.4, 0.5) is 5.69 Å². The molecule has 1 aliphatic heterocycles. The smallest absolute Gasteiger partial charge is 0.225 e. The molecule has 1 atom stereocenters. The van der Waals surface area contributed by atoms with Gasteiger partial charge in [0.25, 0.3) is 0 Å². The van der Waals surface area contributed by atoms with E-state index in [0.29, 0.717) is 32.7 Å².